The third-order valence-corrected chi connectivity index (χ3v) is 2.32. The van der Waals surface area contributed by atoms with Crippen LogP contribution in [0.3, 0.4) is 0 Å². The molecule has 5 nitrogen and oxygen atoms in total. The summed E-state index contributed by atoms with van der Waals surface area (Å²) in [6, 6.07) is -0.484. The number of nitrogens with one attached hydrogen (secondary N) is 2. The Bertz CT molecular complexity index is 241. The van der Waals surface area contributed by atoms with Crippen LogP contribution >= 0.6 is 0 Å². The topological polar surface area (TPSA) is 67.4 Å². The van der Waals surface area contributed by atoms with Crippen molar-refractivity contribution in [3.8, 4) is 0 Å². The number of carbonyl (C=O) groups is 2. The first kappa shape index (κ1) is 7.39. The summed E-state index contributed by atoms with van der Waals surface area (Å²) >= 11 is 0. The molecule has 0 aromatic rings. The van der Waals surface area contributed by atoms with E-state index in [-0.39, 0.29) is 30.0 Å². The van der Waals surface area contributed by atoms with Gasteiger partial charge in [-0.3, -0.25) is 4.79 Å². The van der Waals surface area contributed by atoms with Gasteiger partial charge in [0.1, 0.15) is 12.5 Å². The maximum atomic E-state index is 11.1. The average Bonchev–Trinajstić information content (AvgIpc) is 2.31. The van der Waals surface area contributed by atoms with Crippen LogP contribution in [0.1, 0.15) is 6.92 Å². The van der Waals surface area contributed by atoms with Gasteiger partial charge in [-0.1, -0.05) is 0 Å². The minimum absolute atomic E-state index is 0.126. The van der Waals surface area contributed by atoms with Crippen LogP contribution in [0.5, 0.6) is 0 Å². The number of esters is 1. The summed E-state index contributed by atoms with van der Waals surface area (Å²) in [5.74, 6) is -0.442. The summed E-state index contributed by atoms with van der Waals surface area (Å²) in [7, 11) is 0. The Kier molecular flexibility index (Phi) is 1.46. The van der Waals surface area contributed by atoms with E-state index in [1.807, 2.05) is 6.92 Å². The van der Waals surface area contributed by atoms with Crippen molar-refractivity contribution in [2.45, 2.75) is 19.0 Å². The maximum Gasteiger partial charge on any atom is 0.315 e. The molecule has 2 amide bonds. The molecule has 0 aromatic heterocycles. The second-order valence-corrected chi connectivity index (χ2v) is 3.17. The molecule has 5 heteroatoms. The molecule has 0 unspecified atom stereocenters. The van der Waals surface area contributed by atoms with Gasteiger partial charge in [0, 0.05) is 6.04 Å². The van der Waals surface area contributed by atoms with Gasteiger partial charge in [-0.15, -0.1) is 0 Å². The van der Waals surface area contributed by atoms with Gasteiger partial charge in [0.15, 0.2) is 0 Å². The first-order valence-corrected chi connectivity index (χ1v) is 3.92. The predicted molar refractivity (Wildman–Crippen MR) is 39.4 cm³/mol. The first-order chi connectivity index (χ1) is 5.68. The largest absolute Gasteiger partial charge is 0.463 e. The van der Waals surface area contributed by atoms with Gasteiger partial charge >= 0.3 is 12.0 Å². The van der Waals surface area contributed by atoms with Crippen molar-refractivity contribution in [3.63, 3.8) is 0 Å². The Balaban J connectivity index is 2.19. The highest BCUT2D eigenvalue weighted by atomic mass is 16.5. The molecule has 2 fully saturated rings. The second kappa shape index (κ2) is 2.36. The van der Waals surface area contributed by atoms with Crippen LogP contribution in [0.25, 0.3) is 0 Å². The minimum Gasteiger partial charge on any atom is -0.463 e. The van der Waals surface area contributed by atoms with Crippen LogP contribution < -0.4 is 10.6 Å². The van der Waals surface area contributed by atoms with Crippen LogP contribution in [0.2, 0.25) is 0 Å². The summed E-state index contributed by atoms with van der Waals surface area (Å²) in [6.07, 6.45) is 0. The van der Waals surface area contributed by atoms with Gasteiger partial charge < -0.3 is 15.4 Å². The van der Waals surface area contributed by atoms with E-state index in [1.54, 1.807) is 0 Å². The summed E-state index contributed by atoms with van der Waals surface area (Å²) in [5, 5.41) is 5.27. The standard InChI is InChI=1S/C7H10N2O3/c1-3-5-4(2-12-6(5)10)9-7(11)8-3/h3-5H,2H2,1H3,(H2,8,9,11)/t3-,4+,5+/m0/s1. The van der Waals surface area contributed by atoms with Crippen molar-refractivity contribution < 1.29 is 14.3 Å². The Morgan fingerprint density at radius 1 is 1.42 bits per heavy atom. The average molecular weight is 170 g/mol. The van der Waals surface area contributed by atoms with E-state index in [2.05, 4.69) is 10.6 Å². The fraction of sp³-hybridized carbons (Fsp3) is 0.714. The third-order valence-electron chi connectivity index (χ3n) is 2.32. The number of fused-ring (bicyclic) bond motifs is 1. The molecule has 2 aliphatic heterocycles. The van der Waals surface area contributed by atoms with Gasteiger partial charge in [0.2, 0.25) is 0 Å². The lowest BCUT2D eigenvalue weighted by atomic mass is 9.93. The van der Waals surface area contributed by atoms with Crippen molar-refractivity contribution in [2.75, 3.05) is 6.61 Å². The zero-order chi connectivity index (χ0) is 8.72. The third kappa shape index (κ3) is 0.929. The molecule has 2 heterocycles. The zero-order valence-corrected chi connectivity index (χ0v) is 6.66. The molecule has 0 saturated carbocycles. The number of rotatable bonds is 0. The normalized spacial score (nSPS) is 39.6. The Morgan fingerprint density at radius 3 is 2.92 bits per heavy atom. The molecule has 0 spiro atoms. The smallest absolute Gasteiger partial charge is 0.315 e. The number of hydrogen-bond donors (Lipinski definition) is 2. The first-order valence-electron chi connectivity index (χ1n) is 3.92. The fourth-order valence-electron chi connectivity index (χ4n) is 1.73. The molecule has 0 radical (unpaired) electrons. The fourth-order valence-corrected chi connectivity index (χ4v) is 1.73. The zero-order valence-electron chi connectivity index (χ0n) is 6.66. The van der Waals surface area contributed by atoms with Gasteiger partial charge in [-0.2, -0.15) is 0 Å². The van der Waals surface area contributed by atoms with Crippen LogP contribution in [0, 0.1) is 5.92 Å². The highest BCUT2D eigenvalue weighted by molar-refractivity contribution is 5.83. The number of urea groups is 1. The number of hydrogen-bond acceptors (Lipinski definition) is 3. The van der Waals surface area contributed by atoms with E-state index < -0.39 is 0 Å². The number of cyclic esters (lactones) is 1. The molecule has 0 aromatic carbocycles. The van der Waals surface area contributed by atoms with Crippen LogP contribution in [0.15, 0.2) is 0 Å². The highest BCUT2D eigenvalue weighted by Gasteiger charge is 2.44. The van der Waals surface area contributed by atoms with E-state index in [0.29, 0.717) is 6.61 Å². The Morgan fingerprint density at radius 2 is 2.17 bits per heavy atom. The van der Waals surface area contributed by atoms with Crippen molar-refractivity contribution in [1.82, 2.24) is 10.6 Å². The lowest BCUT2D eigenvalue weighted by molar-refractivity contribution is -0.141. The molecule has 2 aliphatic rings. The van der Waals surface area contributed by atoms with E-state index in [9.17, 15) is 9.59 Å². The molecule has 3 atom stereocenters. The maximum absolute atomic E-state index is 11.1. The van der Waals surface area contributed by atoms with Crippen molar-refractivity contribution in [1.29, 1.82) is 0 Å². The Labute approximate surface area is 69.5 Å². The van der Waals surface area contributed by atoms with Gasteiger partial charge in [-0.25, -0.2) is 4.79 Å². The number of ether oxygens (including phenoxy) is 1. The molecule has 12 heavy (non-hydrogen) atoms. The van der Waals surface area contributed by atoms with Gasteiger partial charge in [0.25, 0.3) is 0 Å². The SMILES string of the molecule is C[C@@H]1NC(=O)N[C@@H]2COC(=O)[C@H]12. The molecular formula is C7H10N2O3. The molecule has 0 aliphatic carbocycles. The quantitative estimate of drug-likeness (QED) is 0.469. The van der Waals surface area contributed by atoms with Crippen molar-refractivity contribution in [3.05, 3.63) is 0 Å². The highest BCUT2D eigenvalue weighted by Crippen LogP contribution is 2.21. The van der Waals surface area contributed by atoms with E-state index in [1.165, 1.54) is 0 Å². The molecule has 66 valence electrons. The van der Waals surface area contributed by atoms with Gasteiger partial charge in [0.05, 0.1) is 6.04 Å². The summed E-state index contributed by atoms with van der Waals surface area (Å²) in [4.78, 5) is 22.0. The van der Waals surface area contributed by atoms with Crippen molar-refractivity contribution in [2.24, 2.45) is 5.92 Å². The van der Waals surface area contributed by atoms with Crippen LogP contribution in [-0.2, 0) is 9.53 Å². The van der Waals surface area contributed by atoms with Crippen LogP contribution in [0.4, 0.5) is 4.79 Å². The summed E-state index contributed by atoms with van der Waals surface area (Å²) < 4.78 is 4.82. The van der Waals surface area contributed by atoms with Crippen molar-refractivity contribution >= 4 is 12.0 Å². The van der Waals surface area contributed by atoms with E-state index in [4.69, 9.17) is 4.74 Å². The molecule has 2 N–H and O–H groups in total. The molecular weight excluding hydrogens is 160 g/mol. The molecule has 0 bridgehead atoms. The minimum atomic E-state index is -0.222. The lowest BCUT2D eigenvalue weighted by Gasteiger charge is -2.29. The monoisotopic (exact) mass is 170 g/mol. The van der Waals surface area contributed by atoms with Gasteiger partial charge in [-0.05, 0) is 6.92 Å². The number of amides is 2. The number of carbonyl (C=O) groups excluding carboxylic acids is 2. The predicted octanol–water partition coefficient (Wildman–Crippen LogP) is -0.771. The van der Waals surface area contributed by atoms with E-state index in [0.717, 1.165) is 0 Å². The second-order valence-electron chi connectivity index (χ2n) is 3.17. The molecule has 2 rings (SSSR count). The van der Waals surface area contributed by atoms with Crippen LogP contribution in [-0.4, -0.2) is 30.7 Å². The summed E-state index contributed by atoms with van der Waals surface area (Å²) in [6.45, 7) is 2.12. The lowest BCUT2D eigenvalue weighted by Crippen LogP contribution is -2.59. The molecule has 2 saturated heterocycles. The Hall–Kier alpha value is -1.26. The van der Waals surface area contributed by atoms with E-state index >= 15 is 0 Å². The summed E-state index contributed by atoms with van der Waals surface area (Å²) in [5.41, 5.74) is 0.